The molecule has 1 fully saturated rings. The number of aromatic nitrogens is 4. The summed E-state index contributed by atoms with van der Waals surface area (Å²) in [4.78, 5) is 17.6. The van der Waals surface area contributed by atoms with Crippen LogP contribution in [-0.4, -0.2) is 39.3 Å². The van der Waals surface area contributed by atoms with Crippen molar-refractivity contribution in [2.24, 2.45) is 0 Å². The minimum Gasteiger partial charge on any atom is -0.473 e. The number of rotatable bonds is 4. The van der Waals surface area contributed by atoms with E-state index in [0.29, 0.717) is 16.3 Å². The Hall–Kier alpha value is -2.91. The van der Waals surface area contributed by atoms with Gasteiger partial charge in [-0.25, -0.2) is 17.1 Å². The Balaban J connectivity index is 0.000000260. The van der Waals surface area contributed by atoms with Gasteiger partial charge in [0, 0.05) is 12.8 Å². The summed E-state index contributed by atoms with van der Waals surface area (Å²) in [5, 5.41) is 0. The molecule has 5 rings (SSSR count). The zero-order valence-electron chi connectivity index (χ0n) is 17.5. The van der Waals surface area contributed by atoms with Crippen LogP contribution < -0.4 is 4.74 Å². The van der Waals surface area contributed by atoms with Gasteiger partial charge in [0.2, 0.25) is 5.88 Å². The average molecular weight is 503 g/mol. The molecule has 4 heterocycles. The van der Waals surface area contributed by atoms with Crippen LogP contribution in [0.25, 0.3) is 22.3 Å². The minimum atomic E-state index is -2.08. The van der Waals surface area contributed by atoms with Crippen molar-refractivity contribution < 1.29 is 35.0 Å². The summed E-state index contributed by atoms with van der Waals surface area (Å²) >= 11 is 0. The van der Waals surface area contributed by atoms with E-state index < -0.39 is 10.7 Å². The van der Waals surface area contributed by atoms with E-state index in [1.807, 2.05) is 18.2 Å². The van der Waals surface area contributed by atoms with E-state index in [0.717, 1.165) is 42.8 Å². The van der Waals surface area contributed by atoms with Gasteiger partial charge in [0.05, 0.1) is 18.7 Å². The molecule has 0 atom stereocenters. The molecule has 4 aromatic rings. The standard InChI is InChI=1S/C17H15N4O2.C6H5O2S.Mn/c1-2-12(10-18-7-1)14-3-4-15-16(21-14)17(20-11-19-15)23-13-5-8-22-9-6-13;7-9(8)6-4-2-1-3-5-6;/h2-4,7,10-11,13H,5-6,8-9H2;1-5H;/q2*-1;+2. The van der Waals surface area contributed by atoms with Gasteiger partial charge < -0.3 is 22.9 Å². The summed E-state index contributed by atoms with van der Waals surface area (Å²) in [7, 11) is -2.08. The van der Waals surface area contributed by atoms with E-state index in [-0.39, 0.29) is 23.2 Å². The molecule has 0 aliphatic carbocycles. The molecule has 10 heteroatoms. The smallest absolute Gasteiger partial charge is 0.473 e. The number of nitrogens with zero attached hydrogens (tertiary/aromatic N) is 4. The summed E-state index contributed by atoms with van der Waals surface area (Å²) < 4.78 is 31.8. The van der Waals surface area contributed by atoms with Crippen LogP contribution in [0.1, 0.15) is 12.8 Å². The van der Waals surface area contributed by atoms with Gasteiger partial charge in [-0.2, -0.15) is 4.98 Å². The number of pyridine rings is 2. The summed E-state index contributed by atoms with van der Waals surface area (Å²) in [6.07, 6.45) is 6.72. The fourth-order valence-electron chi connectivity index (χ4n) is 3.11. The van der Waals surface area contributed by atoms with Crippen LogP contribution >= 0.6 is 0 Å². The van der Waals surface area contributed by atoms with E-state index in [1.54, 1.807) is 42.7 Å². The molecule has 1 radical (unpaired) electrons. The monoisotopic (exact) mass is 503 g/mol. The fourth-order valence-corrected chi connectivity index (χ4v) is 3.49. The van der Waals surface area contributed by atoms with Crippen LogP contribution in [0.5, 0.6) is 5.88 Å². The van der Waals surface area contributed by atoms with Gasteiger partial charge in [-0.1, -0.05) is 47.5 Å². The quantitative estimate of drug-likeness (QED) is 0.235. The third kappa shape index (κ3) is 6.79. The minimum absolute atomic E-state index is 0. The third-order valence-electron chi connectivity index (χ3n) is 4.73. The molecule has 0 spiro atoms. The number of benzene rings is 1. The molecule has 0 unspecified atom stereocenters. The maximum atomic E-state index is 10.2. The Labute approximate surface area is 203 Å². The second-order valence-corrected chi connectivity index (χ2v) is 7.83. The summed E-state index contributed by atoms with van der Waals surface area (Å²) in [6, 6.07) is 16.9. The molecule has 3 aromatic heterocycles. The fraction of sp³-hybridized carbons (Fsp3) is 0.217. The van der Waals surface area contributed by atoms with Crippen molar-refractivity contribution in [2.75, 3.05) is 13.2 Å². The van der Waals surface area contributed by atoms with Crippen molar-refractivity contribution >= 4 is 21.7 Å². The first kappa shape index (κ1) is 24.7. The molecular formula is C23H20MnN4O4S. The summed E-state index contributed by atoms with van der Waals surface area (Å²) in [6.45, 7) is 1.44. The van der Waals surface area contributed by atoms with Gasteiger partial charge >= 0.3 is 17.1 Å². The summed E-state index contributed by atoms with van der Waals surface area (Å²) in [5.74, 6) is 0.525. The van der Waals surface area contributed by atoms with Gasteiger partial charge in [0.25, 0.3) is 0 Å². The molecule has 1 aromatic carbocycles. The molecule has 0 bridgehead atoms. The maximum Gasteiger partial charge on any atom is 2.00 e. The van der Waals surface area contributed by atoms with E-state index in [2.05, 4.69) is 26.0 Å². The Morgan fingerprint density at radius 1 is 1.03 bits per heavy atom. The SMILES string of the molecule is O=[S-](=O)c1ccccc1.[Mn+2].[c-]1cncc(-c2ccc3ncnc(OC4CCOCC4)c3n2)c1. The van der Waals surface area contributed by atoms with Crippen LogP contribution in [0, 0.1) is 6.07 Å². The van der Waals surface area contributed by atoms with E-state index in [9.17, 15) is 8.42 Å². The molecule has 0 saturated carbocycles. The zero-order valence-corrected chi connectivity index (χ0v) is 19.5. The Kier molecular flexibility index (Phi) is 9.26. The topological polar surface area (TPSA) is 104 Å². The van der Waals surface area contributed by atoms with Crippen molar-refractivity contribution in [3.05, 3.63) is 73.3 Å². The molecule has 169 valence electrons. The second-order valence-electron chi connectivity index (χ2n) is 6.89. The molecule has 1 aliphatic rings. The maximum absolute atomic E-state index is 10.2. The number of fused-ring (bicyclic) bond motifs is 1. The van der Waals surface area contributed by atoms with Crippen molar-refractivity contribution in [1.82, 2.24) is 19.9 Å². The van der Waals surface area contributed by atoms with Crippen LogP contribution in [0.2, 0.25) is 0 Å². The molecule has 0 amide bonds. The third-order valence-corrected chi connectivity index (χ3v) is 5.38. The Bertz CT molecular complexity index is 1230. The zero-order chi connectivity index (χ0) is 22.2. The molecule has 8 nitrogen and oxygen atoms in total. The molecular weight excluding hydrogens is 483 g/mol. The van der Waals surface area contributed by atoms with E-state index in [1.165, 1.54) is 6.33 Å². The molecule has 33 heavy (non-hydrogen) atoms. The largest absolute Gasteiger partial charge is 2.00 e. The van der Waals surface area contributed by atoms with Crippen LogP contribution in [0.3, 0.4) is 0 Å². The van der Waals surface area contributed by atoms with Crippen molar-refractivity contribution in [1.29, 1.82) is 0 Å². The molecule has 0 N–H and O–H groups in total. The number of hydrogen-bond donors (Lipinski definition) is 0. The van der Waals surface area contributed by atoms with E-state index in [4.69, 9.17) is 9.47 Å². The number of hydrogen-bond acceptors (Lipinski definition) is 9. The first-order valence-corrected chi connectivity index (χ1v) is 11.1. The van der Waals surface area contributed by atoms with Crippen molar-refractivity contribution in [3.63, 3.8) is 0 Å². The van der Waals surface area contributed by atoms with Crippen LogP contribution in [-0.2, 0) is 40.9 Å². The Morgan fingerprint density at radius 2 is 1.82 bits per heavy atom. The van der Waals surface area contributed by atoms with Crippen molar-refractivity contribution in [2.45, 2.75) is 23.8 Å². The normalized spacial score (nSPS) is 13.6. The van der Waals surface area contributed by atoms with Crippen molar-refractivity contribution in [3.8, 4) is 17.1 Å². The summed E-state index contributed by atoms with van der Waals surface area (Å²) in [5.41, 5.74) is 3.13. The van der Waals surface area contributed by atoms with Gasteiger partial charge in [-0.05, 0) is 28.7 Å². The van der Waals surface area contributed by atoms with E-state index >= 15 is 0 Å². The van der Waals surface area contributed by atoms with Gasteiger partial charge in [-0.15, -0.1) is 5.56 Å². The predicted molar refractivity (Wildman–Crippen MR) is 117 cm³/mol. The predicted octanol–water partition coefficient (Wildman–Crippen LogP) is 3.80. The van der Waals surface area contributed by atoms with Crippen LogP contribution in [0.15, 0.2) is 72.1 Å². The Morgan fingerprint density at radius 3 is 2.48 bits per heavy atom. The van der Waals surface area contributed by atoms with Gasteiger partial charge in [0.15, 0.2) is 0 Å². The first-order valence-electron chi connectivity index (χ1n) is 10.0. The first-order chi connectivity index (χ1) is 15.7. The second kappa shape index (κ2) is 12.4. The van der Waals surface area contributed by atoms with Crippen LogP contribution in [0.4, 0.5) is 0 Å². The van der Waals surface area contributed by atoms with Gasteiger partial charge in [0.1, 0.15) is 17.9 Å². The molecule has 1 saturated heterocycles. The van der Waals surface area contributed by atoms with Gasteiger partial charge in [-0.3, -0.25) is 4.98 Å². The number of ether oxygens (including phenoxy) is 2. The molecule has 1 aliphatic heterocycles. The average Bonchev–Trinajstić information content (AvgIpc) is 2.86.